The Kier molecular flexibility index (Phi) is 5.50. The minimum atomic E-state index is 0.768. The Labute approximate surface area is 114 Å². The molecule has 1 heterocycles. The van der Waals surface area contributed by atoms with Crippen LogP contribution >= 0.6 is 0 Å². The molecule has 106 valence electrons. The van der Waals surface area contributed by atoms with E-state index in [2.05, 4.69) is 31.0 Å². The molecule has 0 radical (unpaired) electrons. The van der Waals surface area contributed by atoms with Crippen molar-refractivity contribution in [1.82, 2.24) is 10.2 Å². The number of nitrogens with zero attached hydrogens (tertiary/aromatic N) is 1. The first-order valence-electron chi connectivity index (χ1n) is 8.16. The molecular weight excluding hydrogens is 220 g/mol. The quantitative estimate of drug-likeness (QED) is 0.780. The number of hydrogen-bond acceptors (Lipinski definition) is 2. The molecule has 2 nitrogen and oxygen atoms in total. The maximum atomic E-state index is 3.67. The summed E-state index contributed by atoms with van der Waals surface area (Å²) >= 11 is 0. The maximum Gasteiger partial charge on any atom is 0.0195 e. The Bertz CT molecular complexity index is 233. The molecule has 1 saturated carbocycles. The molecule has 0 aromatic rings. The molecule has 2 aliphatic rings. The number of nitrogens with one attached hydrogen (secondary N) is 1. The maximum absolute atomic E-state index is 3.67. The van der Waals surface area contributed by atoms with E-state index in [1.807, 2.05) is 0 Å². The zero-order chi connectivity index (χ0) is 13.0. The average Bonchev–Trinajstić information content (AvgIpc) is 2.98. The zero-order valence-electron chi connectivity index (χ0n) is 12.6. The van der Waals surface area contributed by atoms with Crippen LogP contribution in [0.4, 0.5) is 0 Å². The van der Waals surface area contributed by atoms with Crippen molar-refractivity contribution in [3.05, 3.63) is 0 Å². The van der Waals surface area contributed by atoms with E-state index in [1.54, 1.807) is 0 Å². The monoisotopic (exact) mass is 252 g/mol. The molecule has 18 heavy (non-hydrogen) atoms. The van der Waals surface area contributed by atoms with Gasteiger partial charge in [-0.1, -0.05) is 27.2 Å². The first-order chi connectivity index (χ1) is 8.69. The van der Waals surface area contributed by atoms with Gasteiger partial charge in [0.2, 0.25) is 0 Å². The summed E-state index contributed by atoms with van der Waals surface area (Å²) in [5, 5.41) is 3.67. The fourth-order valence-electron chi connectivity index (χ4n) is 3.79. The highest BCUT2D eigenvalue weighted by molar-refractivity contribution is 4.86. The van der Waals surface area contributed by atoms with Crippen LogP contribution < -0.4 is 5.32 Å². The van der Waals surface area contributed by atoms with Gasteiger partial charge in [-0.05, 0) is 50.5 Å². The summed E-state index contributed by atoms with van der Waals surface area (Å²) in [6.45, 7) is 10.9. The van der Waals surface area contributed by atoms with Crippen LogP contribution in [0.25, 0.3) is 0 Å². The van der Waals surface area contributed by atoms with Crippen LogP contribution in [0.15, 0.2) is 0 Å². The highest BCUT2D eigenvalue weighted by atomic mass is 15.2. The zero-order valence-corrected chi connectivity index (χ0v) is 12.6. The summed E-state index contributed by atoms with van der Waals surface area (Å²) < 4.78 is 0. The van der Waals surface area contributed by atoms with Crippen molar-refractivity contribution >= 4 is 0 Å². The Morgan fingerprint density at radius 1 is 1.22 bits per heavy atom. The normalized spacial score (nSPS) is 32.8. The van der Waals surface area contributed by atoms with E-state index in [4.69, 9.17) is 0 Å². The first-order valence-corrected chi connectivity index (χ1v) is 8.16. The summed E-state index contributed by atoms with van der Waals surface area (Å²) in [5.74, 6) is 1.80. The van der Waals surface area contributed by atoms with Crippen LogP contribution in [-0.4, -0.2) is 36.6 Å². The van der Waals surface area contributed by atoms with Gasteiger partial charge in [0.1, 0.15) is 0 Å². The topological polar surface area (TPSA) is 15.3 Å². The van der Waals surface area contributed by atoms with Gasteiger partial charge in [-0.15, -0.1) is 0 Å². The molecule has 1 aliphatic heterocycles. The minimum absolute atomic E-state index is 0.768. The molecule has 3 atom stereocenters. The third-order valence-corrected chi connectivity index (χ3v) is 4.82. The van der Waals surface area contributed by atoms with Crippen molar-refractivity contribution in [2.45, 2.75) is 71.4 Å². The number of hydrogen-bond donors (Lipinski definition) is 1. The lowest BCUT2D eigenvalue weighted by atomic mass is 10.0. The summed E-state index contributed by atoms with van der Waals surface area (Å²) in [4.78, 5) is 2.81. The van der Waals surface area contributed by atoms with Crippen molar-refractivity contribution < 1.29 is 0 Å². The predicted molar refractivity (Wildman–Crippen MR) is 78.9 cm³/mol. The second kappa shape index (κ2) is 6.91. The van der Waals surface area contributed by atoms with Crippen LogP contribution in [0.3, 0.4) is 0 Å². The standard InChI is InChI=1S/C16H32N2/c1-4-14-7-8-16(10-14)18(11-13(2)3)12-15-6-5-9-17-15/h13-17H,4-12H2,1-3H3. The third-order valence-electron chi connectivity index (χ3n) is 4.82. The molecule has 1 N–H and O–H groups in total. The van der Waals surface area contributed by atoms with Gasteiger partial charge < -0.3 is 5.32 Å². The summed E-state index contributed by atoms with van der Waals surface area (Å²) in [7, 11) is 0. The van der Waals surface area contributed by atoms with Crippen LogP contribution in [0.5, 0.6) is 0 Å². The fraction of sp³-hybridized carbons (Fsp3) is 1.00. The highest BCUT2D eigenvalue weighted by Crippen LogP contribution is 2.32. The Morgan fingerprint density at radius 2 is 2.06 bits per heavy atom. The second-order valence-electron chi connectivity index (χ2n) is 6.88. The Hall–Kier alpha value is -0.0800. The molecular formula is C16H32N2. The molecule has 0 amide bonds. The van der Waals surface area contributed by atoms with E-state index in [-0.39, 0.29) is 0 Å². The van der Waals surface area contributed by atoms with Gasteiger partial charge >= 0.3 is 0 Å². The van der Waals surface area contributed by atoms with Gasteiger partial charge in [-0.2, -0.15) is 0 Å². The fourth-order valence-corrected chi connectivity index (χ4v) is 3.79. The van der Waals surface area contributed by atoms with Crippen molar-refractivity contribution in [3.63, 3.8) is 0 Å². The van der Waals surface area contributed by atoms with E-state index < -0.39 is 0 Å². The van der Waals surface area contributed by atoms with Crippen LogP contribution in [0, 0.1) is 11.8 Å². The molecule has 0 aromatic heterocycles. The van der Waals surface area contributed by atoms with Gasteiger partial charge in [0.05, 0.1) is 0 Å². The van der Waals surface area contributed by atoms with Gasteiger partial charge in [-0.25, -0.2) is 0 Å². The highest BCUT2D eigenvalue weighted by Gasteiger charge is 2.30. The van der Waals surface area contributed by atoms with Crippen molar-refractivity contribution in [3.8, 4) is 0 Å². The van der Waals surface area contributed by atoms with Gasteiger partial charge in [-0.3, -0.25) is 4.90 Å². The van der Waals surface area contributed by atoms with Gasteiger partial charge in [0.25, 0.3) is 0 Å². The smallest absolute Gasteiger partial charge is 0.0195 e. The van der Waals surface area contributed by atoms with Crippen LogP contribution in [-0.2, 0) is 0 Å². The number of rotatable bonds is 6. The molecule has 2 fully saturated rings. The molecule has 0 aromatic carbocycles. The van der Waals surface area contributed by atoms with Crippen LogP contribution in [0.2, 0.25) is 0 Å². The lowest BCUT2D eigenvalue weighted by Crippen LogP contribution is -2.44. The molecule has 2 heteroatoms. The van der Waals surface area contributed by atoms with Gasteiger partial charge in [0, 0.05) is 25.2 Å². The predicted octanol–water partition coefficient (Wildman–Crippen LogP) is 3.28. The van der Waals surface area contributed by atoms with E-state index in [0.717, 1.165) is 23.9 Å². The Balaban J connectivity index is 1.87. The minimum Gasteiger partial charge on any atom is -0.313 e. The summed E-state index contributed by atoms with van der Waals surface area (Å²) in [6.07, 6.45) is 8.51. The van der Waals surface area contributed by atoms with E-state index in [0.29, 0.717) is 0 Å². The molecule has 3 unspecified atom stereocenters. The van der Waals surface area contributed by atoms with E-state index >= 15 is 0 Å². The Morgan fingerprint density at radius 3 is 2.61 bits per heavy atom. The first kappa shape index (κ1) is 14.3. The van der Waals surface area contributed by atoms with Crippen molar-refractivity contribution in [2.24, 2.45) is 11.8 Å². The second-order valence-corrected chi connectivity index (χ2v) is 6.88. The average molecular weight is 252 g/mol. The largest absolute Gasteiger partial charge is 0.313 e. The van der Waals surface area contributed by atoms with Gasteiger partial charge in [0.15, 0.2) is 0 Å². The molecule has 0 spiro atoms. The van der Waals surface area contributed by atoms with Crippen LogP contribution in [0.1, 0.15) is 59.3 Å². The third kappa shape index (κ3) is 3.96. The summed E-state index contributed by atoms with van der Waals surface area (Å²) in [5.41, 5.74) is 0. The lowest BCUT2D eigenvalue weighted by molar-refractivity contribution is 0.159. The van der Waals surface area contributed by atoms with Crippen molar-refractivity contribution in [1.29, 1.82) is 0 Å². The van der Waals surface area contributed by atoms with E-state index in [1.165, 1.54) is 58.2 Å². The lowest BCUT2D eigenvalue weighted by Gasteiger charge is -2.33. The SMILES string of the molecule is CCC1CCC(N(CC(C)C)CC2CCCN2)C1. The molecule has 0 bridgehead atoms. The summed E-state index contributed by atoms with van der Waals surface area (Å²) in [6, 6.07) is 1.64. The van der Waals surface area contributed by atoms with Crippen molar-refractivity contribution in [2.75, 3.05) is 19.6 Å². The van der Waals surface area contributed by atoms with E-state index in [9.17, 15) is 0 Å². The molecule has 2 rings (SSSR count). The molecule has 1 aliphatic carbocycles. The molecule has 1 saturated heterocycles.